The maximum Gasteiger partial charge on any atom is 0.161 e. The van der Waals surface area contributed by atoms with Crippen molar-refractivity contribution in [2.75, 3.05) is 0 Å². The van der Waals surface area contributed by atoms with Crippen molar-refractivity contribution in [1.29, 1.82) is 0 Å². The molecule has 0 radical (unpaired) electrons. The van der Waals surface area contributed by atoms with Gasteiger partial charge in [-0.2, -0.15) is 0 Å². The van der Waals surface area contributed by atoms with Crippen molar-refractivity contribution in [3.8, 4) is 0 Å². The summed E-state index contributed by atoms with van der Waals surface area (Å²) in [5.41, 5.74) is 0. The first-order valence-corrected chi connectivity index (χ1v) is 14.7. The molecule has 0 aromatic carbocycles. The number of thiophene rings is 3. The number of hydrogen-bond donors (Lipinski definition) is 0. The Kier molecular flexibility index (Phi) is 14.4. The van der Waals surface area contributed by atoms with Crippen LogP contribution >= 0.6 is 65.9 Å². The molecule has 0 atom stereocenters. The molecule has 0 bridgehead atoms. The van der Waals surface area contributed by atoms with Crippen LogP contribution in [0.1, 0.15) is 65.8 Å². The molecule has 0 spiro atoms. The summed E-state index contributed by atoms with van der Waals surface area (Å²) in [4.78, 5) is 15.6. The molecule has 0 saturated carbocycles. The quantitative estimate of drug-likeness (QED) is 0.245. The van der Waals surface area contributed by atoms with Crippen molar-refractivity contribution >= 4 is 72.2 Å². The molecule has 3 heterocycles. The summed E-state index contributed by atoms with van der Waals surface area (Å²) in [5, 5.41) is 2.14. The number of hydrogen-bond acceptors (Lipinski definition) is 4. The van der Waals surface area contributed by atoms with Gasteiger partial charge in [0.15, 0.2) is 6.29 Å². The largest absolute Gasteiger partial charge is 0.297 e. The minimum absolute atomic E-state index is 0.648. The lowest BCUT2D eigenvalue weighted by Gasteiger charge is -1.98. The molecule has 3 rings (SSSR count). The SMILES string of the molecule is CC(C)Cc1cc(Br)c(C=O)s1.CC(C)Cc1ccc(Br)s1.CC(C)Cc1cccs1. The second kappa shape index (κ2) is 15.5. The first-order chi connectivity index (χ1) is 14.6. The van der Waals surface area contributed by atoms with Crippen LogP contribution in [-0.2, 0) is 19.3 Å². The topological polar surface area (TPSA) is 17.1 Å². The predicted molar refractivity (Wildman–Crippen MR) is 149 cm³/mol. The minimum Gasteiger partial charge on any atom is -0.297 e. The average Bonchev–Trinajstić information content (AvgIpc) is 3.37. The van der Waals surface area contributed by atoms with Gasteiger partial charge in [-0.05, 0) is 98.5 Å². The number of carbonyl (C=O) groups excluding carboxylic acids is 1. The van der Waals surface area contributed by atoms with Gasteiger partial charge in [0.2, 0.25) is 0 Å². The van der Waals surface area contributed by atoms with Crippen molar-refractivity contribution in [2.24, 2.45) is 17.8 Å². The molecule has 3 aromatic heterocycles. The number of aldehydes is 1. The zero-order valence-corrected chi connectivity index (χ0v) is 24.9. The Morgan fingerprint density at radius 1 is 0.806 bits per heavy atom. The number of halogens is 2. The maximum atomic E-state index is 10.5. The molecule has 3 aromatic rings. The number of rotatable bonds is 7. The van der Waals surface area contributed by atoms with Gasteiger partial charge in [0.25, 0.3) is 0 Å². The smallest absolute Gasteiger partial charge is 0.161 e. The minimum atomic E-state index is 0.648. The van der Waals surface area contributed by atoms with Gasteiger partial charge >= 0.3 is 0 Å². The summed E-state index contributed by atoms with van der Waals surface area (Å²) in [7, 11) is 0. The molecule has 1 nitrogen and oxygen atoms in total. The molecular weight excluding hydrogens is 572 g/mol. The summed E-state index contributed by atoms with van der Waals surface area (Å²) >= 11 is 12.0. The van der Waals surface area contributed by atoms with Gasteiger partial charge in [-0.3, -0.25) is 4.79 Å². The van der Waals surface area contributed by atoms with E-state index in [9.17, 15) is 4.79 Å². The van der Waals surface area contributed by atoms with Crippen LogP contribution in [0.3, 0.4) is 0 Å². The third-order valence-corrected chi connectivity index (χ3v) is 8.45. The van der Waals surface area contributed by atoms with Crippen LogP contribution < -0.4 is 0 Å². The molecule has 0 unspecified atom stereocenters. The zero-order valence-electron chi connectivity index (χ0n) is 19.3. The first kappa shape index (κ1) is 28.8. The van der Waals surface area contributed by atoms with Crippen LogP contribution in [0.4, 0.5) is 0 Å². The summed E-state index contributed by atoms with van der Waals surface area (Å²) in [5.74, 6) is 2.21. The average molecular weight is 607 g/mol. The lowest BCUT2D eigenvalue weighted by molar-refractivity contribution is 0.112. The monoisotopic (exact) mass is 604 g/mol. The normalized spacial score (nSPS) is 10.7. The standard InChI is InChI=1S/C9H11BrOS.C8H11BrS.C8H12S/c1-6(2)3-7-4-8(10)9(5-11)12-7;1-6(2)5-7-3-4-8(9)10-7;1-7(2)6-8-4-3-5-9-8/h4-6H,3H2,1-2H3;3-4,6H,5H2,1-2H3;3-5,7H,6H2,1-2H3. The van der Waals surface area contributed by atoms with Gasteiger partial charge in [-0.1, -0.05) is 47.6 Å². The van der Waals surface area contributed by atoms with Crippen LogP contribution in [-0.4, -0.2) is 6.29 Å². The van der Waals surface area contributed by atoms with E-state index in [4.69, 9.17) is 0 Å². The fourth-order valence-electron chi connectivity index (χ4n) is 2.71. The molecule has 0 N–H and O–H groups in total. The highest BCUT2D eigenvalue weighted by Gasteiger charge is 2.06. The van der Waals surface area contributed by atoms with Crippen molar-refractivity contribution in [2.45, 2.75) is 60.8 Å². The van der Waals surface area contributed by atoms with Crippen molar-refractivity contribution < 1.29 is 4.79 Å². The Hall–Kier alpha value is -0.270. The lowest BCUT2D eigenvalue weighted by Crippen LogP contribution is -1.89. The Morgan fingerprint density at radius 2 is 1.39 bits per heavy atom. The molecule has 0 fully saturated rings. The van der Waals surface area contributed by atoms with E-state index >= 15 is 0 Å². The maximum absolute atomic E-state index is 10.5. The summed E-state index contributed by atoms with van der Waals surface area (Å²) in [6.45, 7) is 13.3. The molecular formula is C25H34Br2OS3. The molecule has 0 saturated heterocycles. The van der Waals surface area contributed by atoms with Crippen LogP contribution in [0.25, 0.3) is 0 Å². The van der Waals surface area contributed by atoms with Crippen LogP contribution in [0.15, 0.2) is 44.0 Å². The van der Waals surface area contributed by atoms with Crippen molar-refractivity contribution in [1.82, 2.24) is 0 Å². The second-order valence-electron chi connectivity index (χ2n) is 8.62. The molecule has 172 valence electrons. The Bertz CT molecular complexity index is 861. The van der Waals surface area contributed by atoms with Gasteiger partial charge in [0.05, 0.1) is 8.66 Å². The molecule has 0 aliphatic heterocycles. The van der Waals surface area contributed by atoms with E-state index < -0.39 is 0 Å². The van der Waals surface area contributed by atoms with E-state index in [1.807, 2.05) is 28.7 Å². The highest BCUT2D eigenvalue weighted by molar-refractivity contribution is 9.11. The van der Waals surface area contributed by atoms with Crippen LogP contribution in [0, 0.1) is 17.8 Å². The molecule has 0 amide bonds. The van der Waals surface area contributed by atoms with E-state index in [0.717, 1.165) is 33.9 Å². The third-order valence-electron chi connectivity index (χ3n) is 3.91. The van der Waals surface area contributed by atoms with Crippen molar-refractivity contribution in [3.05, 3.63) is 63.5 Å². The number of carbonyl (C=O) groups is 1. The van der Waals surface area contributed by atoms with E-state index in [-0.39, 0.29) is 0 Å². The van der Waals surface area contributed by atoms with E-state index in [1.165, 1.54) is 31.3 Å². The fraction of sp³-hybridized carbons (Fsp3) is 0.480. The lowest BCUT2D eigenvalue weighted by atomic mass is 10.1. The van der Waals surface area contributed by atoms with Gasteiger partial charge in [0, 0.05) is 19.1 Å². The zero-order chi connectivity index (χ0) is 23.4. The van der Waals surface area contributed by atoms with Crippen LogP contribution in [0.2, 0.25) is 0 Å². The molecule has 6 heteroatoms. The van der Waals surface area contributed by atoms with Gasteiger partial charge in [-0.15, -0.1) is 34.0 Å². The fourth-order valence-corrected chi connectivity index (χ4v) is 7.17. The first-order valence-electron chi connectivity index (χ1n) is 10.6. The summed E-state index contributed by atoms with van der Waals surface area (Å²) in [6, 6.07) is 10.7. The predicted octanol–water partition coefficient (Wildman–Crippen LogP) is 10.2. The summed E-state index contributed by atoms with van der Waals surface area (Å²) < 4.78 is 2.17. The van der Waals surface area contributed by atoms with E-state index in [0.29, 0.717) is 5.92 Å². The Morgan fingerprint density at radius 3 is 1.81 bits per heavy atom. The van der Waals surface area contributed by atoms with Gasteiger partial charge in [0.1, 0.15) is 0 Å². The van der Waals surface area contributed by atoms with Crippen LogP contribution in [0.5, 0.6) is 0 Å². The highest BCUT2D eigenvalue weighted by atomic mass is 79.9. The molecule has 0 aliphatic rings. The molecule has 0 aliphatic carbocycles. The third kappa shape index (κ3) is 13.1. The highest BCUT2D eigenvalue weighted by Crippen LogP contribution is 2.27. The van der Waals surface area contributed by atoms with Gasteiger partial charge < -0.3 is 0 Å². The van der Waals surface area contributed by atoms with E-state index in [1.54, 1.807) is 11.3 Å². The van der Waals surface area contributed by atoms with Gasteiger partial charge in [-0.25, -0.2) is 0 Å². The van der Waals surface area contributed by atoms with E-state index in [2.05, 4.69) is 103 Å². The Labute approximate surface area is 217 Å². The second-order valence-corrected chi connectivity index (χ2v) is 14.2. The summed E-state index contributed by atoms with van der Waals surface area (Å²) in [6.07, 6.45) is 4.39. The van der Waals surface area contributed by atoms with Crippen molar-refractivity contribution in [3.63, 3.8) is 0 Å². The molecule has 31 heavy (non-hydrogen) atoms. The Balaban J connectivity index is 0.000000235.